The van der Waals surface area contributed by atoms with E-state index in [-0.39, 0.29) is 23.7 Å². The number of nitriles is 1. The summed E-state index contributed by atoms with van der Waals surface area (Å²) in [6.07, 6.45) is 39.2. The molecule has 6 aromatic rings. The van der Waals surface area contributed by atoms with E-state index in [2.05, 4.69) is 120 Å². The fourth-order valence-corrected chi connectivity index (χ4v) is 24.6. The lowest BCUT2D eigenvalue weighted by Crippen LogP contribution is -2.45. The Balaban J connectivity index is 0.000000375. The highest BCUT2D eigenvalue weighted by molar-refractivity contribution is 7.94. The molecule has 22 nitrogen and oxygen atoms in total. The molecule has 3 aliphatic rings. The number of nitrogens with zero attached hydrogens (tertiary/aromatic N) is 4. The summed E-state index contributed by atoms with van der Waals surface area (Å²) >= 11 is 0. The minimum absolute atomic E-state index is 0.104. The predicted octanol–water partition coefficient (Wildman–Crippen LogP) is 27.8. The number of aryl methyl sites for hydroxylation is 7. The lowest BCUT2D eigenvalue weighted by Gasteiger charge is -2.36. The summed E-state index contributed by atoms with van der Waals surface area (Å²) in [6.45, 7) is 48.5. The van der Waals surface area contributed by atoms with Crippen molar-refractivity contribution in [3.8, 4) is 17.6 Å². The third-order valence-corrected chi connectivity index (χ3v) is 44.3. The molecule has 0 unspecified atom stereocenters. The van der Waals surface area contributed by atoms with E-state index in [0.29, 0.717) is 47.5 Å². The Morgan fingerprint density at radius 3 is 1.01 bits per heavy atom. The van der Waals surface area contributed by atoms with Crippen LogP contribution in [0, 0.1) is 11.3 Å². The van der Waals surface area contributed by atoms with E-state index in [1.165, 1.54) is 56.7 Å². The molecular formula is C122H198N4O18S6. The van der Waals surface area contributed by atoms with E-state index in [1.54, 1.807) is 132 Å². The number of benzene rings is 6. The lowest BCUT2D eigenvalue weighted by atomic mass is 10.0. The largest absolute Gasteiger partial charge is 0.490 e. The second-order valence-electron chi connectivity index (χ2n) is 47.0. The van der Waals surface area contributed by atoms with Crippen LogP contribution in [0.3, 0.4) is 0 Å². The number of anilines is 2. The minimum Gasteiger partial charge on any atom is -0.490 e. The normalized spacial score (nSPS) is 15.2. The van der Waals surface area contributed by atoms with Crippen molar-refractivity contribution < 1.29 is 79.5 Å². The fraction of sp³-hybridized carbons (Fsp3) is 0.680. The van der Waals surface area contributed by atoms with Gasteiger partial charge >= 0.3 is 0 Å². The molecule has 28 heteroatoms. The molecule has 2 heterocycles. The van der Waals surface area contributed by atoms with Crippen molar-refractivity contribution in [3.63, 3.8) is 0 Å². The van der Waals surface area contributed by atoms with E-state index in [4.69, 9.17) is 29.4 Å². The van der Waals surface area contributed by atoms with Crippen molar-refractivity contribution in [1.82, 2.24) is 0 Å². The number of carbonyl (C=O) groups excluding carboxylic acids is 1. The van der Waals surface area contributed by atoms with E-state index in [0.717, 1.165) is 305 Å². The summed E-state index contributed by atoms with van der Waals surface area (Å²) in [4.78, 5) is 16.2. The molecule has 0 spiro atoms. The van der Waals surface area contributed by atoms with Gasteiger partial charge in [-0.2, -0.15) is 5.26 Å². The van der Waals surface area contributed by atoms with Crippen molar-refractivity contribution in [2.75, 3.05) is 96.9 Å². The van der Waals surface area contributed by atoms with Crippen LogP contribution < -0.4 is 19.3 Å². The first-order valence-corrected chi connectivity index (χ1v) is 66.2. The number of carbonyl (C=O) groups is 1. The average molecular weight is 2200 g/mol. The molecule has 0 radical (unpaired) electrons. The highest BCUT2D eigenvalue weighted by atomic mass is 32.2. The summed E-state index contributed by atoms with van der Waals surface area (Å²) in [5, 5.41) is 21.1. The SMILES string of the molecule is CC(=O)c1cccc(CCCCCCCS(=O)(=O)C(C)(C)C)c1.CC(C)(C)S(=O)(=O)CCCCCCCc1ccc(C#N)cc1.CC(C)(C)S(=O)(=O)CCCCCCCc1ccc2c(c1)CCC2=NO.CC(C)(C)S(=O)(=O)CCCCCCCc1cccc(N2CCOCC2)c1.CCOc1ccc(CCCCCCCS(=O)(=O)C(C)(C)C)cc1OCC.C[C@@H]1CN(c2ccc(CCCCCCCS(=O)(=O)C(C)(C)C)cc2)C[C@H](C)O1. The van der Waals surface area contributed by atoms with Crippen LogP contribution >= 0.6 is 0 Å². The third kappa shape index (κ3) is 52.1. The van der Waals surface area contributed by atoms with Gasteiger partial charge < -0.3 is 34.0 Å². The summed E-state index contributed by atoms with van der Waals surface area (Å²) in [6, 6.07) is 48.1. The number of unbranched alkanes of at least 4 members (excludes halogenated alkanes) is 24. The maximum absolute atomic E-state index is 12.1. The second-order valence-corrected chi connectivity index (χ2v) is 64.2. The number of rotatable bonds is 55. The zero-order valence-corrected chi connectivity index (χ0v) is 102. The minimum atomic E-state index is -2.98. The number of oxime groups is 1. The Kier molecular flexibility index (Phi) is 60.3. The third-order valence-electron chi connectivity index (χ3n) is 28.1. The zero-order valence-electron chi connectivity index (χ0n) is 96.8. The van der Waals surface area contributed by atoms with Gasteiger partial charge in [0, 0.05) is 48.7 Å². The first-order chi connectivity index (χ1) is 70.2. The monoisotopic (exact) mass is 2200 g/mol. The number of morpholine rings is 2. The predicted molar refractivity (Wildman–Crippen MR) is 630 cm³/mol. The van der Waals surface area contributed by atoms with Crippen molar-refractivity contribution in [2.45, 2.75) is 444 Å². The number of hydrogen-bond acceptors (Lipinski definition) is 22. The Morgan fingerprint density at radius 1 is 0.360 bits per heavy atom. The molecular weight excluding hydrogens is 2000 g/mol. The van der Waals surface area contributed by atoms with Crippen molar-refractivity contribution in [3.05, 3.63) is 189 Å². The van der Waals surface area contributed by atoms with E-state index < -0.39 is 87.5 Å². The first-order valence-electron chi connectivity index (χ1n) is 56.3. The van der Waals surface area contributed by atoms with Gasteiger partial charge in [0.05, 0.1) is 119 Å². The number of Topliss-reactive ketones (excluding diaryl/α,β-unsaturated/α-hetero) is 1. The fourth-order valence-electron chi connectivity index (χ4n) is 17.5. The van der Waals surface area contributed by atoms with Gasteiger partial charge in [0.25, 0.3) is 0 Å². The Labute approximate surface area is 912 Å². The molecule has 2 fully saturated rings. The number of fused-ring (bicyclic) bond motifs is 1. The van der Waals surface area contributed by atoms with Crippen LogP contribution in [0.1, 0.15) is 419 Å². The molecule has 2 atom stereocenters. The molecule has 6 aromatic carbocycles. The molecule has 0 bridgehead atoms. The van der Waals surface area contributed by atoms with Crippen LogP contribution in [-0.4, -0.2) is 195 Å². The van der Waals surface area contributed by atoms with E-state index in [9.17, 15) is 55.3 Å². The standard InChI is InChI=1S/C23H39NO3S.C21H35NO3S.C21H36O4S.C20H31NO3S.C19H30O3S.C18H27NO2S/c1-19-17-24(18-20(2)27-19)22-14-12-21(13-15-22)11-9-7-6-8-10-16-28(25,26)23(3,4)5;1-21(2,3)26(23,24)17-8-6-4-5-7-10-19-11-9-12-20(18-19)22-13-15-25-16-14-22;1-6-24-19-15-14-18(17-20(19)25-7-2)13-11-9-8-10-12-16-26(22,23)21(3,4)5;1-20(2,3)25(23,24)14-8-6-4-5-7-9-16-10-12-18-17(15-16)11-13-19(18)21-22;1-16(20)18-13-10-12-17(15-18)11-8-6-5-7-9-14-23(21,22)19(2,3)4;1-18(2,3)22(20,21)14-8-6-4-5-7-9-16-10-12-17(15-19)13-11-16/h12-15,19-20H,6-11,16-18H2,1-5H3;9,11-12,18H,4-8,10,13-17H2,1-3H3;14-15,17H,6-13,16H2,1-5H3;10,12,15,22H,4-9,11,13-14H2,1-3H3;10,12-13,15H,5-9,11,14H2,1-4H3;10-13H,4-9,14H2,1-3H3/t19-,20+;;;;;. The van der Waals surface area contributed by atoms with Crippen molar-refractivity contribution in [1.29, 1.82) is 5.26 Å². The maximum atomic E-state index is 12.1. The van der Waals surface area contributed by atoms with Crippen molar-refractivity contribution >= 4 is 81.9 Å². The molecule has 150 heavy (non-hydrogen) atoms. The van der Waals surface area contributed by atoms with Crippen LogP contribution in [0.15, 0.2) is 139 Å². The van der Waals surface area contributed by atoms with Crippen molar-refractivity contribution in [2.24, 2.45) is 5.16 Å². The molecule has 0 amide bonds. The molecule has 850 valence electrons. The summed E-state index contributed by atoms with van der Waals surface area (Å²) in [7, 11) is -17.8. The molecule has 9 rings (SSSR count). The number of ketones is 1. The molecule has 0 aromatic heterocycles. The van der Waals surface area contributed by atoms with Crippen LogP contribution in [0.4, 0.5) is 11.4 Å². The van der Waals surface area contributed by atoms with Crippen LogP contribution in [-0.2, 0) is 113 Å². The summed E-state index contributed by atoms with van der Waals surface area (Å²) < 4.78 is 163. The quantitative estimate of drug-likeness (QED) is 0.0160. The zero-order chi connectivity index (χ0) is 112. The lowest BCUT2D eigenvalue weighted by molar-refractivity contribution is -0.00523. The average Bonchev–Trinajstić information content (AvgIpc) is 1.68. The molecule has 2 aliphatic heterocycles. The highest BCUT2D eigenvalue weighted by Gasteiger charge is 2.34. The van der Waals surface area contributed by atoms with Crippen LogP contribution in [0.2, 0.25) is 0 Å². The van der Waals surface area contributed by atoms with Gasteiger partial charge in [0.15, 0.2) is 76.3 Å². The van der Waals surface area contributed by atoms with Gasteiger partial charge in [0.1, 0.15) is 0 Å². The van der Waals surface area contributed by atoms with Gasteiger partial charge in [-0.25, -0.2) is 50.5 Å². The first kappa shape index (κ1) is 135. The number of ether oxygens (including phenoxy) is 4. The summed E-state index contributed by atoms with van der Waals surface area (Å²) in [5.41, 5.74) is 15.1. The Morgan fingerprint density at radius 2 is 0.667 bits per heavy atom. The van der Waals surface area contributed by atoms with Gasteiger partial charge in [-0.1, -0.05) is 200 Å². The summed E-state index contributed by atoms with van der Waals surface area (Å²) in [5.74, 6) is 3.55. The maximum Gasteiger partial charge on any atom is 0.161 e. The van der Waals surface area contributed by atoms with E-state index >= 15 is 0 Å². The van der Waals surface area contributed by atoms with Gasteiger partial charge in [0.2, 0.25) is 0 Å². The van der Waals surface area contributed by atoms with E-state index in [1.807, 2.05) is 62.4 Å². The molecule has 1 N–H and O–H groups in total. The smallest absolute Gasteiger partial charge is 0.161 e. The van der Waals surface area contributed by atoms with Crippen LogP contribution in [0.25, 0.3) is 0 Å². The molecule has 1 aliphatic carbocycles. The highest BCUT2D eigenvalue weighted by Crippen LogP contribution is 2.33. The second kappa shape index (κ2) is 67.0. The van der Waals surface area contributed by atoms with Gasteiger partial charge in [-0.05, 0) is 381 Å². The number of hydrogen-bond donors (Lipinski definition) is 1. The van der Waals surface area contributed by atoms with Gasteiger partial charge in [-0.15, -0.1) is 0 Å². The van der Waals surface area contributed by atoms with Crippen LogP contribution in [0.5, 0.6) is 11.5 Å². The Hall–Kier alpha value is -7.23. The molecule has 0 saturated carbocycles. The Bertz CT molecular complexity index is 5680. The topological polar surface area (TPSA) is 322 Å². The number of sulfone groups is 6. The van der Waals surface area contributed by atoms with Gasteiger partial charge in [-0.3, -0.25) is 4.79 Å². The molecule has 2 saturated heterocycles.